The molecule has 0 aliphatic rings. The Morgan fingerprint density at radius 1 is 1.11 bits per heavy atom. The third kappa shape index (κ3) is 4.17. The minimum Gasteiger partial charge on any atom is -0.496 e. The van der Waals surface area contributed by atoms with E-state index < -0.39 is 0 Å². The number of ether oxygens (including phenoxy) is 2. The summed E-state index contributed by atoms with van der Waals surface area (Å²) in [7, 11) is 3.31. The monoisotopic (exact) mass is 282 g/mol. The molecule has 0 aliphatic carbocycles. The van der Waals surface area contributed by atoms with Crippen molar-refractivity contribution in [3.05, 3.63) is 34.9 Å². The van der Waals surface area contributed by atoms with E-state index in [2.05, 4.69) is 26.0 Å². The molecule has 1 aromatic carbocycles. The predicted octanol–water partition coefficient (Wildman–Crippen LogP) is 5.21. The van der Waals surface area contributed by atoms with Crippen molar-refractivity contribution >= 4 is 11.6 Å². The second-order valence-electron chi connectivity index (χ2n) is 4.45. The molecule has 19 heavy (non-hydrogen) atoms. The highest BCUT2D eigenvalue weighted by Gasteiger charge is 2.16. The Balaban J connectivity index is 3.09. The van der Waals surface area contributed by atoms with Gasteiger partial charge in [-0.25, -0.2) is 0 Å². The van der Waals surface area contributed by atoms with E-state index in [1.165, 1.54) is 0 Å². The topological polar surface area (TPSA) is 18.5 Å². The number of hydrogen-bond donors (Lipinski definition) is 0. The van der Waals surface area contributed by atoms with Crippen LogP contribution in [0.2, 0.25) is 5.02 Å². The first kappa shape index (κ1) is 15.9. The van der Waals surface area contributed by atoms with Crippen molar-refractivity contribution in [2.45, 2.75) is 39.0 Å². The Kier molecular flexibility index (Phi) is 6.79. The van der Waals surface area contributed by atoms with Gasteiger partial charge in [0.25, 0.3) is 0 Å². The maximum atomic E-state index is 6.14. The average molecular weight is 283 g/mol. The van der Waals surface area contributed by atoms with E-state index in [0.717, 1.165) is 30.6 Å². The third-order valence-electron chi connectivity index (χ3n) is 3.26. The van der Waals surface area contributed by atoms with Crippen molar-refractivity contribution < 1.29 is 9.47 Å². The van der Waals surface area contributed by atoms with Gasteiger partial charge in [0.2, 0.25) is 0 Å². The molecule has 0 aromatic heterocycles. The molecule has 2 nitrogen and oxygen atoms in total. The van der Waals surface area contributed by atoms with E-state index in [-0.39, 0.29) is 0 Å². The number of benzene rings is 1. The first-order chi connectivity index (χ1) is 9.17. The van der Waals surface area contributed by atoms with E-state index in [4.69, 9.17) is 21.1 Å². The van der Waals surface area contributed by atoms with Gasteiger partial charge in [0.15, 0.2) is 0 Å². The van der Waals surface area contributed by atoms with Gasteiger partial charge in [0.05, 0.1) is 19.2 Å². The van der Waals surface area contributed by atoms with Crippen LogP contribution < -0.4 is 9.47 Å². The fraction of sp³-hybridized carbons (Fsp3) is 0.500. The Morgan fingerprint density at radius 3 is 2.32 bits per heavy atom. The Hall–Kier alpha value is -1.15. The molecule has 0 aliphatic heterocycles. The predicted molar refractivity (Wildman–Crippen MR) is 81.6 cm³/mol. The second-order valence-corrected chi connectivity index (χ2v) is 4.86. The highest BCUT2D eigenvalue weighted by molar-refractivity contribution is 6.32. The van der Waals surface area contributed by atoms with Crippen LogP contribution in [0.25, 0.3) is 0 Å². The van der Waals surface area contributed by atoms with Crippen molar-refractivity contribution in [3.63, 3.8) is 0 Å². The molecule has 106 valence electrons. The molecule has 0 amide bonds. The van der Waals surface area contributed by atoms with Crippen LogP contribution in [-0.4, -0.2) is 14.2 Å². The minimum absolute atomic E-state index is 0.420. The first-order valence-electron chi connectivity index (χ1n) is 6.74. The number of rotatable bonds is 7. The quantitative estimate of drug-likeness (QED) is 0.639. The molecular formula is C16H23ClO2. The van der Waals surface area contributed by atoms with Crippen LogP contribution >= 0.6 is 11.6 Å². The molecule has 0 N–H and O–H groups in total. The molecule has 1 rings (SSSR count). The zero-order chi connectivity index (χ0) is 14.3. The number of halogens is 1. The van der Waals surface area contributed by atoms with Crippen molar-refractivity contribution in [3.8, 4) is 11.5 Å². The lowest BCUT2D eigenvalue weighted by molar-refractivity contribution is 0.394. The lowest BCUT2D eigenvalue weighted by Crippen LogP contribution is -2.01. The van der Waals surface area contributed by atoms with Crippen molar-refractivity contribution in [1.82, 2.24) is 0 Å². The van der Waals surface area contributed by atoms with Crippen LogP contribution in [0.4, 0.5) is 0 Å². The zero-order valence-corrected chi connectivity index (χ0v) is 13.0. The summed E-state index contributed by atoms with van der Waals surface area (Å²) < 4.78 is 10.8. The molecular weight excluding hydrogens is 260 g/mol. The van der Waals surface area contributed by atoms with E-state index in [1.807, 2.05) is 12.1 Å². The van der Waals surface area contributed by atoms with Gasteiger partial charge >= 0.3 is 0 Å². The molecule has 0 saturated carbocycles. The SMILES string of the molecule is CC/C=C\CC(CC)c1cc(OC)c(Cl)cc1OC. The number of methoxy groups -OCH3 is 2. The third-order valence-corrected chi connectivity index (χ3v) is 3.56. The van der Waals surface area contributed by atoms with E-state index in [9.17, 15) is 0 Å². The van der Waals surface area contributed by atoms with Crippen molar-refractivity contribution in [2.24, 2.45) is 0 Å². The van der Waals surface area contributed by atoms with Gasteiger partial charge in [0.1, 0.15) is 11.5 Å². The summed E-state index contributed by atoms with van der Waals surface area (Å²) in [4.78, 5) is 0. The number of allylic oxidation sites excluding steroid dienone is 2. The normalized spacial score (nSPS) is 12.7. The Labute approximate surface area is 121 Å². The lowest BCUT2D eigenvalue weighted by Gasteiger charge is -2.18. The summed E-state index contributed by atoms with van der Waals surface area (Å²) >= 11 is 6.14. The van der Waals surface area contributed by atoms with Crippen LogP contribution in [0, 0.1) is 0 Å². The summed E-state index contributed by atoms with van der Waals surface area (Å²) in [5, 5.41) is 0.585. The minimum atomic E-state index is 0.420. The van der Waals surface area contributed by atoms with E-state index in [1.54, 1.807) is 14.2 Å². The smallest absolute Gasteiger partial charge is 0.138 e. The molecule has 0 heterocycles. The van der Waals surface area contributed by atoms with Crippen LogP contribution in [0.5, 0.6) is 11.5 Å². The summed E-state index contributed by atoms with van der Waals surface area (Å²) in [5.74, 6) is 1.96. The summed E-state index contributed by atoms with van der Waals surface area (Å²) in [6, 6.07) is 3.83. The Morgan fingerprint density at radius 2 is 1.79 bits per heavy atom. The second kappa shape index (κ2) is 8.11. The van der Waals surface area contributed by atoms with Gasteiger partial charge in [0, 0.05) is 11.6 Å². The zero-order valence-electron chi connectivity index (χ0n) is 12.2. The highest BCUT2D eigenvalue weighted by atomic mass is 35.5. The largest absolute Gasteiger partial charge is 0.496 e. The van der Waals surface area contributed by atoms with Crippen LogP contribution in [0.15, 0.2) is 24.3 Å². The van der Waals surface area contributed by atoms with Gasteiger partial charge in [-0.2, -0.15) is 0 Å². The van der Waals surface area contributed by atoms with Crippen LogP contribution in [0.3, 0.4) is 0 Å². The maximum Gasteiger partial charge on any atom is 0.138 e. The Bertz CT molecular complexity index is 427. The molecule has 1 atom stereocenters. The fourth-order valence-corrected chi connectivity index (χ4v) is 2.37. The van der Waals surface area contributed by atoms with Gasteiger partial charge in [-0.1, -0.05) is 37.6 Å². The molecule has 0 bridgehead atoms. The highest BCUT2D eigenvalue weighted by Crippen LogP contribution is 2.38. The average Bonchev–Trinajstić information content (AvgIpc) is 2.43. The van der Waals surface area contributed by atoms with Crippen LogP contribution in [0.1, 0.15) is 44.6 Å². The van der Waals surface area contributed by atoms with E-state index in [0.29, 0.717) is 16.7 Å². The molecule has 1 aromatic rings. The van der Waals surface area contributed by atoms with Crippen molar-refractivity contribution in [2.75, 3.05) is 14.2 Å². The van der Waals surface area contributed by atoms with Crippen LogP contribution in [-0.2, 0) is 0 Å². The molecule has 0 saturated heterocycles. The summed E-state index contributed by atoms with van der Waals surface area (Å²) in [6.07, 6.45) is 7.55. The summed E-state index contributed by atoms with van der Waals surface area (Å²) in [6.45, 7) is 4.33. The van der Waals surface area contributed by atoms with E-state index >= 15 is 0 Å². The maximum absolute atomic E-state index is 6.14. The van der Waals surface area contributed by atoms with Gasteiger partial charge in [-0.15, -0.1) is 0 Å². The summed E-state index contributed by atoms with van der Waals surface area (Å²) in [5.41, 5.74) is 1.16. The fourth-order valence-electron chi connectivity index (χ4n) is 2.14. The number of hydrogen-bond acceptors (Lipinski definition) is 2. The molecule has 0 spiro atoms. The first-order valence-corrected chi connectivity index (χ1v) is 7.12. The standard InChI is InChI=1S/C16H23ClO2/c1-5-7-8-9-12(6-2)13-10-16(19-4)14(17)11-15(13)18-3/h7-8,10-12H,5-6,9H2,1-4H3/b8-7-. The molecule has 3 heteroatoms. The molecule has 0 radical (unpaired) electrons. The molecule has 0 fully saturated rings. The molecule has 1 unspecified atom stereocenters. The lowest BCUT2D eigenvalue weighted by atomic mass is 9.92. The van der Waals surface area contributed by atoms with Gasteiger partial charge in [-0.3, -0.25) is 0 Å². The van der Waals surface area contributed by atoms with Gasteiger partial charge in [-0.05, 0) is 31.2 Å². The van der Waals surface area contributed by atoms with Crippen molar-refractivity contribution in [1.29, 1.82) is 0 Å². The van der Waals surface area contributed by atoms with Gasteiger partial charge < -0.3 is 9.47 Å².